The van der Waals surface area contributed by atoms with Crippen LogP contribution in [0, 0.1) is 33.5 Å². The van der Waals surface area contributed by atoms with Crippen LogP contribution in [0.15, 0.2) is 168 Å². The van der Waals surface area contributed by atoms with Crippen molar-refractivity contribution >= 4 is 86.4 Å². The summed E-state index contributed by atoms with van der Waals surface area (Å²) in [5.74, 6) is 0.850. The van der Waals surface area contributed by atoms with Crippen molar-refractivity contribution in [1.82, 2.24) is 9.13 Å². The van der Waals surface area contributed by atoms with Crippen LogP contribution in [-0.2, 0) is 23.7 Å². The molecule has 9 aliphatic rings. The van der Waals surface area contributed by atoms with Gasteiger partial charge in [0.05, 0.1) is 17.4 Å². The topological polar surface area (TPSA) is 16.3 Å². The number of anilines is 4. The summed E-state index contributed by atoms with van der Waals surface area (Å²) in [6, 6.07) is 41.4. The first-order valence-corrected chi connectivity index (χ1v) is 37.1. The zero-order valence-electron chi connectivity index (χ0n) is 61.8. The average Bonchev–Trinajstić information content (AvgIpc) is 1.50. The van der Waals surface area contributed by atoms with E-state index in [1.54, 1.807) is 16.7 Å². The molecule has 495 valence electrons. The van der Waals surface area contributed by atoms with Gasteiger partial charge < -0.3 is 4.57 Å². The van der Waals surface area contributed by atoms with Crippen molar-refractivity contribution < 1.29 is 0 Å². The van der Waals surface area contributed by atoms with Crippen LogP contribution < -0.4 is 9.80 Å². The standard InChI is InChI=1S/C93H100BN4/c1-88(2,3)54-24-23-41-95(77-39-30-57(91(10,11)12)46-73(77)76(94)51-54)60-32-34-61(35-33-60)96-78-27-21-19-25-64(78)66-37-38-67-65-26-20-22-28-79(65)97(87(67)86(66)96)62-42-53-43-70-63-36-29-55(89(4,5)6)44-68(63)71-47-58(92(13,14)15)49-74(83(70)71)84-75-50-59(93(16,17)18)48-72-69-45-56(90(7,8)9)31-40-80(69)98(85(72)75)81(52-62)82(53)84/h19-28,30,32-35,37-39,42-47,49-50,52,54,59,65,79,84H,29,31,36,40-41,48,51H2,1-18H3/b24-23-. The molecule has 2 aromatic heterocycles. The molecule has 0 saturated carbocycles. The third kappa shape index (κ3) is 9.67. The van der Waals surface area contributed by atoms with Crippen molar-refractivity contribution in [2.45, 2.75) is 192 Å². The number of benzene rings is 6. The summed E-state index contributed by atoms with van der Waals surface area (Å²) >= 11 is 0. The summed E-state index contributed by atoms with van der Waals surface area (Å²) in [5.41, 5.74) is 38.5. The van der Waals surface area contributed by atoms with Gasteiger partial charge in [-0.1, -0.05) is 155 Å². The second-order valence-electron chi connectivity index (χ2n) is 36.9. The molecule has 0 fully saturated rings. The summed E-state index contributed by atoms with van der Waals surface area (Å²) in [5, 5.41) is 2.53. The molecule has 4 nitrogen and oxygen atoms in total. The first-order valence-electron chi connectivity index (χ1n) is 37.1. The van der Waals surface area contributed by atoms with E-state index >= 15 is 0 Å². The molecule has 17 rings (SSSR count). The minimum absolute atomic E-state index is 0.0235. The molecule has 5 heterocycles. The Morgan fingerprint density at radius 2 is 1.22 bits per heavy atom. The van der Waals surface area contributed by atoms with Gasteiger partial charge in [-0.3, -0.25) is 0 Å². The van der Waals surface area contributed by atoms with Crippen molar-refractivity contribution in [2.24, 2.45) is 33.5 Å². The molecule has 1 radical (unpaired) electrons. The third-order valence-corrected chi connectivity index (χ3v) is 24.6. The van der Waals surface area contributed by atoms with Crippen molar-refractivity contribution in [3.8, 4) is 11.4 Å². The molecular weight excluding hydrogens is 1180 g/mol. The fourth-order valence-electron chi connectivity index (χ4n) is 18.7. The van der Waals surface area contributed by atoms with Crippen molar-refractivity contribution in [3.05, 3.63) is 241 Å². The van der Waals surface area contributed by atoms with Crippen LogP contribution in [0.5, 0.6) is 0 Å². The SMILES string of the molecule is [B]=C1CC(C(C)(C)C)/C=C\CN(c2ccc(-n3c4ccccc4c4ccc5c(c43)N(c3cc4c6c(c3)-n3c7c(c8c3C(=CC(C(C)(C)C)C8)C6c3cc(C(C)(C)C)cc6c3C(=C4)C3=C6C=C(C(C)(C)C)CC3)C=C(C(C)(C)C)CC7)C3C=CC=CC53)cc2)c2ccc(C(C)(C)C)cc21. The van der Waals surface area contributed by atoms with Gasteiger partial charge in [-0.25, -0.2) is 0 Å². The van der Waals surface area contributed by atoms with Crippen molar-refractivity contribution in [2.75, 3.05) is 16.3 Å². The van der Waals surface area contributed by atoms with Gasteiger partial charge in [-0.05, 0) is 151 Å². The Hall–Kier alpha value is -8.15. The van der Waals surface area contributed by atoms with Gasteiger partial charge >= 0.3 is 239 Å². The summed E-state index contributed by atoms with van der Waals surface area (Å²) in [6.07, 6.45) is 31.3. The Kier molecular flexibility index (Phi) is 13.9. The number of hydrogen-bond donors (Lipinski definition) is 0. The van der Waals surface area contributed by atoms with Crippen LogP contribution >= 0.6 is 0 Å². The van der Waals surface area contributed by atoms with Crippen LogP contribution in [0.1, 0.15) is 235 Å². The molecule has 5 unspecified atom stereocenters. The summed E-state index contributed by atoms with van der Waals surface area (Å²) < 4.78 is 5.47. The second kappa shape index (κ2) is 21.4. The van der Waals surface area contributed by atoms with E-state index in [9.17, 15) is 0 Å². The molecule has 0 bridgehead atoms. The Morgan fingerprint density at radius 3 is 1.95 bits per heavy atom. The van der Waals surface area contributed by atoms with Gasteiger partial charge in [-0.15, -0.1) is 0 Å². The van der Waals surface area contributed by atoms with Gasteiger partial charge in [0.1, 0.15) is 0 Å². The molecule has 5 atom stereocenters. The molecule has 0 saturated heterocycles. The Labute approximate surface area is 586 Å². The Bertz CT molecular complexity index is 5090. The van der Waals surface area contributed by atoms with Crippen LogP contribution in [0.2, 0.25) is 0 Å². The van der Waals surface area contributed by atoms with Gasteiger partial charge in [0.25, 0.3) is 0 Å². The summed E-state index contributed by atoms with van der Waals surface area (Å²) in [7, 11) is 7.34. The normalized spacial score (nSPS) is 22.0. The van der Waals surface area contributed by atoms with Gasteiger partial charge in [0.2, 0.25) is 0 Å². The number of rotatable bonds is 3. The Balaban J connectivity index is 0.918. The number of fused-ring (bicyclic) bond motifs is 16. The average molecular weight is 1280 g/mol. The maximum absolute atomic E-state index is 7.34. The molecule has 6 aromatic carbocycles. The molecule has 6 aliphatic carbocycles. The minimum atomic E-state index is -0.0674. The number of nitrogens with zero attached hydrogens (tertiary/aromatic N) is 4. The molecule has 8 aromatic rings. The zero-order chi connectivity index (χ0) is 68.6. The van der Waals surface area contributed by atoms with Gasteiger partial charge in [0, 0.05) is 23.2 Å². The Morgan fingerprint density at radius 1 is 0.531 bits per heavy atom. The molecule has 0 spiro atoms. The number of aromatic nitrogens is 2. The molecule has 0 amide bonds. The van der Waals surface area contributed by atoms with Crippen LogP contribution in [0.25, 0.3) is 62.1 Å². The van der Waals surface area contributed by atoms with E-state index in [1.807, 2.05) is 0 Å². The van der Waals surface area contributed by atoms with E-state index in [4.69, 9.17) is 7.49 Å². The van der Waals surface area contributed by atoms with Gasteiger partial charge in [-0.2, -0.15) is 0 Å². The monoisotopic (exact) mass is 1280 g/mol. The molecule has 0 N–H and O–H groups in total. The third-order valence-electron chi connectivity index (χ3n) is 24.6. The summed E-state index contributed by atoms with van der Waals surface area (Å²) in [6.45, 7) is 44.0. The molecule has 3 aliphatic heterocycles. The maximum atomic E-state index is 7.34. The van der Waals surface area contributed by atoms with Crippen LogP contribution in [0.4, 0.5) is 22.7 Å². The fourth-order valence-corrected chi connectivity index (χ4v) is 18.7. The van der Waals surface area contributed by atoms with E-state index in [2.05, 4.69) is 307 Å². The van der Waals surface area contributed by atoms with Crippen molar-refractivity contribution in [3.63, 3.8) is 0 Å². The van der Waals surface area contributed by atoms with E-state index < -0.39 is 0 Å². The first kappa shape index (κ1) is 63.3. The van der Waals surface area contributed by atoms with E-state index in [0.717, 1.165) is 73.2 Å². The number of allylic oxidation sites excluding steroid dienone is 11. The number of hydrogen-bond acceptors (Lipinski definition) is 2. The first-order chi connectivity index (χ1) is 46.3. The number of para-hydroxylation sites is 1. The zero-order valence-corrected chi connectivity index (χ0v) is 61.8. The molecule has 98 heavy (non-hydrogen) atoms. The second-order valence-corrected chi connectivity index (χ2v) is 36.9. The van der Waals surface area contributed by atoms with E-state index in [1.165, 1.54) is 123 Å². The molecule has 5 heteroatoms. The quantitative estimate of drug-likeness (QED) is 0.129. The molecular formula is C93H100BN4. The van der Waals surface area contributed by atoms with E-state index in [0.29, 0.717) is 11.8 Å². The predicted octanol–water partition coefficient (Wildman–Crippen LogP) is 23.9. The summed E-state index contributed by atoms with van der Waals surface area (Å²) in [4.78, 5) is 5.29. The van der Waals surface area contributed by atoms with Crippen LogP contribution in [0.3, 0.4) is 0 Å². The van der Waals surface area contributed by atoms with E-state index in [-0.39, 0.29) is 50.4 Å². The van der Waals surface area contributed by atoms with Gasteiger partial charge in [0.15, 0.2) is 0 Å². The fraction of sp³-hybridized carbons (Fsp3) is 0.387. The van der Waals surface area contributed by atoms with Crippen molar-refractivity contribution in [1.29, 1.82) is 0 Å². The predicted molar refractivity (Wildman–Crippen MR) is 421 cm³/mol. The van der Waals surface area contributed by atoms with Crippen LogP contribution in [-0.4, -0.2) is 34.7 Å².